The van der Waals surface area contributed by atoms with Crippen molar-refractivity contribution >= 4 is 0 Å². The lowest BCUT2D eigenvalue weighted by molar-refractivity contribution is -0.0492. The van der Waals surface area contributed by atoms with E-state index in [1.54, 1.807) is 6.92 Å². The molecule has 3 nitrogen and oxygen atoms in total. The van der Waals surface area contributed by atoms with E-state index in [0.29, 0.717) is 13.2 Å². The third-order valence-electron chi connectivity index (χ3n) is 1.22. The molecule has 3 heteroatoms. The molecule has 0 aromatic rings. The van der Waals surface area contributed by atoms with E-state index in [4.69, 9.17) is 14.6 Å². The molecule has 12 heavy (non-hydrogen) atoms. The summed E-state index contributed by atoms with van der Waals surface area (Å²) in [6, 6.07) is 0. The molecule has 0 rings (SSSR count). The molecule has 0 aromatic carbocycles. The summed E-state index contributed by atoms with van der Waals surface area (Å²) in [6.07, 6.45) is -0.0600. The van der Waals surface area contributed by atoms with Crippen LogP contribution in [-0.4, -0.2) is 36.6 Å². The molecule has 0 unspecified atom stereocenters. The monoisotopic (exact) mass is 176 g/mol. The van der Waals surface area contributed by atoms with E-state index < -0.39 is 6.10 Å². The van der Waals surface area contributed by atoms with E-state index in [2.05, 4.69) is 0 Å². The lowest BCUT2D eigenvalue weighted by Gasteiger charge is -2.16. The molecular weight excluding hydrogens is 156 g/mol. The summed E-state index contributed by atoms with van der Waals surface area (Å²) in [6.45, 7) is 8.57. The molecule has 1 N–H and O–H groups in total. The van der Waals surface area contributed by atoms with Crippen LogP contribution in [0, 0.1) is 0 Å². The maximum absolute atomic E-state index is 8.88. The highest BCUT2D eigenvalue weighted by molar-refractivity contribution is 4.51. The summed E-state index contributed by atoms with van der Waals surface area (Å²) in [5.74, 6) is 0. The lowest BCUT2D eigenvalue weighted by Crippen LogP contribution is -2.22. The third-order valence-corrected chi connectivity index (χ3v) is 1.22. The van der Waals surface area contributed by atoms with E-state index in [1.807, 2.05) is 20.8 Å². The first-order valence-corrected chi connectivity index (χ1v) is 4.43. The van der Waals surface area contributed by atoms with E-state index in [1.165, 1.54) is 0 Å². The fourth-order valence-corrected chi connectivity index (χ4v) is 0.908. The Morgan fingerprint density at radius 2 is 1.67 bits per heavy atom. The van der Waals surface area contributed by atoms with Gasteiger partial charge < -0.3 is 14.6 Å². The Hall–Kier alpha value is -0.120. The highest BCUT2D eigenvalue weighted by Gasteiger charge is 2.05. The van der Waals surface area contributed by atoms with Gasteiger partial charge in [0.25, 0.3) is 0 Å². The summed E-state index contributed by atoms with van der Waals surface area (Å²) >= 11 is 0. The van der Waals surface area contributed by atoms with Gasteiger partial charge in [-0.1, -0.05) is 0 Å². The molecule has 0 amide bonds. The average Bonchev–Trinajstić information content (AvgIpc) is 1.84. The molecule has 0 radical (unpaired) electrons. The van der Waals surface area contributed by atoms with Crippen molar-refractivity contribution in [3.05, 3.63) is 0 Å². The van der Waals surface area contributed by atoms with Crippen LogP contribution in [0.3, 0.4) is 0 Å². The van der Waals surface area contributed by atoms with Crippen LogP contribution in [0.5, 0.6) is 0 Å². The van der Waals surface area contributed by atoms with Gasteiger partial charge in [-0.3, -0.25) is 0 Å². The maximum Gasteiger partial charge on any atom is 0.0783 e. The molecule has 0 fully saturated rings. The van der Waals surface area contributed by atoms with Gasteiger partial charge in [-0.05, 0) is 27.7 Å². The first kappa shape index (κ1) is 11.9. The Labute approximate surface area is 74.7 Å². The largest absolute Gasteiger partial charge is 0.391 e. The van der Waals surface area contributed by atoms with Gasteiger partial charge >= 0.3 is 0 Å². The number of aliphatic hydroxyl groups excluding tert-OH is 1. The highest BCUT2D eigenvalue weighted by atomic mass is 16.5. The molecule has 0 aliphatic carbocycles. The molecule has 0 aromatic heterocycles. The average molecular weight is 176 g/mol. The number of hydrogen-bond acceptors (Lipinski definition) is 3. The smallest absolute Gasteiger partial charge is 0.0783 e. The topological polar surface area (TPSA) is 38.7 Å². The molecule has 0 aliphatic rings. The van der Waals surface area contributed by atoms with Crippen molar-refractivity contribution in [1.29, 1.82) is 0 Å². The minimum atomic E-state index is -0.392. The van der Waals surface area contributed by atoms with Gasteiger partial charge in [0.2, 0.25) is 0 Å². The molecule has 0 aliphatic heterocycles. The molecule has 2 atom stereocenters. The Balaban J connectivity index is 3.25. The Bertz CT molecular complexity index is 102. The van der Waals surface area contributed by atoms with Crippen LogP contribution in [0.1, 0.15) is 27.7 Å². The molecule has 74 valence electrons. The van der Waals surface area contributed by atoms with Crippen molar-refractivity contribution in [2.24, 2.45) is 0 Å². The van der Waals surface area contributed by atoms with Crippen LogP contribution >= 0.6 is 0 Å². The van der Waals surface area contributed by atoms with Gasteiger partial charge in [0.1, 0.15) is 0 Å². The molecule has 0 saturated heterocycles. The fourth-order valence-electron chi connectivity index (χ4n) is 0.908. The third kappa shape index (κ3) is 7.98. The van der Waals surface area contributed by atoms with Gasteiger partial charge in [-0.25, -0.2) is 0 Å². The van der Waals surface area contributed by atoms with Crippen LogP contribution in [0.15, 0.2) is 0 Å². The molecular formula is C9H20O3. The summed E-state index contributed by atoms with van der Waals surface area (Å²) in [7, 11) is 0. The first-order chi connectivity index (χ1) is 5.52. The minimum Gasteiger partial charge on any atom is -0.391 e. The predicted molar refractivity (Wildman–Crippen MR) is 48.2 cm³/mol. The van der Waals surface area contributed by atoms with Gasteiger partial charge in [-0.2, -0.15) is 0 Å². The van der Waals surface area contributed by atoms with Crippen molar-refractivity contribution in [3.63, 3.8) is 0 Å². The second-order valence-electron chi connectivity index (χ2n) is 3.38. The molecule has 0 heterocycles. The highest BCUT2D eigenvalue weighted by Crippen LogP contribution is 1.97. The zero-order valence-electron chi connectivity index (χ0n) is 8.41. The van der Waals surface area contributed by atoms with Crippen molar-refractivity contribution in [2.75, 3.05) is 13.2 Å². The van der Waals surface area contributed by atoms with Crippen molar-refractivity contribution in [3.8, 4) is 0 Å². The van der Waals surface area contributed by atoms with Gasteiger partial charge in [-0.15, -0.1) is 0 Å². The molecule has 0 spiro atoms. The SMILES string of the molecule is CC(C)O[C@@H](C)COC[C@H](C)O. The summed E-state index contributed by atoms with van der Waals surface area (Å²) in [5, 5.41) is 8.88. The van der Waals surface area contributed by atoms with E-state index in [9.17, 15) is 0 Å². The standard InChI is InChI=1S/C9H20O3/c1-7(2)12-9(4)6-11-5-8(3)10/h7-10H,5-6H2,1-4H3/t8-,9-/m0/s1. The maximum atomic E-state index is 8.88. The number of ether oxygens (including phenoxy) is 2. The zero-order chi connectivity index (χ0) is 9.56. The van der Waals surface area contributed by atoms with Gasteiger partial charge in [0.05, 0.1) is 31.5 Å². The van der Waals surface area contributed by atoms with Crippen LogP contribution in [0.2, 0.25) is 0 Å². The minimum absolute atomic E-state index is 0.101. The Morgan fingerprint density at radius 3 is 2.08 bits per heavy atom. The summed E-state index contributed by atoms with van der Waals surface area (Å²) in [5.41, 5.74) is 0. The number of aliphatic hydroxyl groups is 1. The predicted octanol–water partition coefficient (Wildman–Crippen LogP) is 1.20. The van der Waals surface area contributed by atoms with Gasteiger partial charge in [0.15, 0.2) is 0 Å². The van der Waals surface area contributed by atoms with Crippen LogP contribution in [0.4, 0.5) is 0 Å². The number of hydrogen-bond donors (Lipinski definition) is 1. The van der Waals surface area contributed by atoms with E-state index in [0.717, 1.165) is 0 Å². The van der Waals surface area contributed by atoms with Crippen molar-refractivity contribution < 1.29 is 14.6 Å². The van der Waals surface area contributed by atoms with E-state index in [-0.39, 0.29) is 12.2 Å². The van der Waals surface area contributed by atoms with Crippen LogP contribution in [-0.2, 0) is 9.47 Å². The summed E-state index contributed by atoms with van der Waals surface area (Å²) in [4.78, 5) is 0. The van der Waals surface area contributed by atoms with Crippen molar-refractivity contribution in [2.45, 2.75) is 46.0 Å². The quantitative estimate of drug-likeness (QED) is 0.661. The molecule has 0 saturated carbocycles. The lowest BCUT2D eigenvalue weighted by atomic mass is 10.4. The normalized spacial score (nSPS) is 16.5. The van der Waals surface area contributed by atoms with Gasteiger partial charge in [0, 0.05) is 0 Å². The second kappa shape index (κ2) is 6.40. The number of rotatable bonds is 6. The Morgan fingerprint density at radius 1 is 1.08 bits per heavy atom. The van der Waals surface area contributed by atoms with Crippen LogP contribution < -0.4 is 0 Å². The second-order valence-corrected chi connectivity index (χ2v) is 3.38. The first-order valence-electron chi connectivity index (χ1n) is 4.43. The summed E-state index contributed by atoms with van der Waals surface area (Å²) < 4.78 is 10.6. The Kier molecular flexibility index (Phi) is 6.34. The van der Waals surface area contributed by atoms with E-state index >= 15 is 0 Å². The fraction of sp³-hybridized carbons (Fsp3) is 1.00. The van der Waals surface area contributed by atoms with Crippen LogP contribution in [0.25, 0.3) is 0 Å². The molecule has 0 bridgehead atoms. The van der Waals surface area contributed by atoms with Crippen molar-refractivity contribution in [1.82, 2.24) is 0 Å². The zero-order valence-corrected chi connectivity index (χ0v) is 8.41.